The Morgan fingerprint density at radius 1 is 0.963 bits per heavy atom. The van der Waals surface area contributed by atoms with E-state index in [2.05, 4.69) is 12.3 Å². The van der Waals surface area contributed by atoms with Crippen LogP contribution in [0.3, 0.4) is 0 Å². The third kappa shape index (κ3) is 16.2. The predicted molar refractivity (Wildman–Crippen MR) is 101 cm³/mol. The summed E-state index contributed by atoms with van der Waals surface area (Å²) in [6.45, 7) is 6.33. The number of carbonyl (C=O) groups is 3. The zero-order valence-electron chi connectivity index (χ0n) is 17.8. The van der Waals surface area contributed by atoms with E-state index in [1.165, 1.54) is 44.9 Å². The average Bonchev–Trinajstić information content (AvgIpc) is 2.60. The SMILES string of the molecule is CCCCCCCCCCCCN(N[C@@H](CC(C)C)C(=O)[O-])C(=O)C=O.[Na+]. The predicted octanol–water partition coefficient (Wildman–Crippen LogP) is -0.392. The van der Waals surface area contributed by atoms with Gasteiger partial charge in [0.05, 0.1) is 12.0 Å². The van der Waals surface area contributed by atoms with Gasteiger partial charge < -0.3 is 9.90 Å². The largest absolute Gasteiger partial charge is 1.00 e. The number of hydrogen-bond donors (Lipinski definition) is 1. The number of hydrazine groups is 1. The summed E-state index contributed by atoms with van der Waals surface area (Å²) in [7, 11) is 0. The van der Waals surface area contributed by atoms with Gasteiger partial charge in [0.25, 0.3) is 0 Å². The van der Waals surface area contributed by atoms with Crippen LogP contribution in [0, 0.1) is 5.92 Å². The summed E-state index contributed by atoms with van der Waals surface area (Å²) in [4.78, 5) is 33.8. The first kappa shape index (κ1) is 28.8. The van der Waals surface area contributed by atoms with Crippen LogP contribution in [-0.4, -0.2) is 35.8 Å². The molecular weight excluding hydrogens is 355 g/mol. The number of nitrogens with one attached hydrogen (secondary N) is 1. The van der Waals surface area contributed by atoms with Crippen LogP contribution >= 0.6 is 0 Å². The number of amides is 1. The summed E-state index contributed by atoms with van der Waals surface area (Å²) in [5, 5.41) is 12.3. The molecule has 0 aliphatic rings. The molecule has 0 radical (unpaired) electrons. The van der Waals surface area contributed by atoms with Gasteiger partial charge in [-0.1, -0.05) is 78.6 Å². The molecule has 0 unspecified atom stereocenters. The second-order valence-corrected chi connectivity index (χ2v) is 7.42. The summed E-state index contributed by atoms with van der Waals surface area (Å²) >= 11 is 0. The molecule has 0 bridgehead atoms. The second-order valence-electron chi connectivity index (χ2n) is 7.42. The number of carboxylic acid groups (broad SMARTS) is 1. The van der Waals surface area contributed by atoms with Crippen LogP contribution in [0.25, 0.3) is 0 Å². The number of carbonyl (C=O) groups excluding carboxylic acids is 3. The second kappa shape index (κ2) is 18.9. The summed E-state index contributed by atoms with van der Waals surface area (Å²) in [5.74, 6) is -1.86. The maximum absolute atomic E-state index is 11.7. The molecule has 1 atom stereocenters. The third-order valence-electron chi connectivity index (χ3n) is 4.41. The standard InChI is InChI=1S/C20H38N2O4.Na/c1-4-5-6-7-8-9-10-11-12-13-14-22(19(24)16-23)21-18(20(25)26)15-17(2)3;/h16-18,21H,4-15H2,1-3H3,(H,25,26);/q;+1/p-1/t18-;/m0./s1. The summed E-state index contributed by atoms with van der Waals surface area (Å²) in [6.07, 6.45) is 12.2. The fourth-order valence-electron chi connectivity index (χ4n) is 2.92. The van der Waals surface area contributed by atoms with Gasteiger partial charge in [0, 0.05) is 6.54 Å². The molecule has 0 heterocycles. The Labute approximate surface area is 187 Å². The molecule has 6 nitrogen and oxygen atoms in total. The molecule has 0 aliphatic carbocycles. The average molecular weight is 393 g/mol. The minimum Gasteiger partial charge on any atom is -0.548 e. The number of carboxylic acids is 1. The van der Waals surface area contributed by atoms with Crippen LogP contribution in [-0.2, 0) is 14.4 Å². The third-order valence-corrected chi connectivity index (χ3v) is 4.41. The van der Waals surface area contributed by atoms with Gasteiger partial charge >= 0.3 is 35.5 Å². The number of aliphatic carboxylic acids is 1. The quantitative estimate of drug-likeness (QED) is 0.120. The molecule has 27 heavy (non-hydrogen) atoms. The van der Waals surface area contributed by atoms with E-state index in [1.54, 1.807) is 0 Å². The number of aldehydes is 1. The Balaban J connectivity index is 0. The molecule has 0 aromatic carbocycles. The van der Waals surface area contributed by atoms with Gasteiger partial charge in [0.1, 0.15) is 0 Å². The molecule has 152 valence electrons. The Morgan fingerprint density at radius 2 is 1.44 bits per heavy atom. The zero-order chi connectivity index (χ0) is 19.8. The normalized spacial score (nSPS) is 11.7. The molecule has 1 N–H and O–H groups in total. The first-order chi connectivity index (χ1) is 12.4. The van der Waals surface area contributed by atoms with Gasteiger partial charge in [-0.2, -0.15) is 0 Å². The van der Waals surface area contributed by atoms with Crippen molar-refractivity contribution >= 4 is 18.2 Å². The Hall–Kier alpha value is -0.430. The van der Waals surface area contributed by atoms with E-state index in [4.69, 9.17) is 0 Å². The van der Waals surface area contributed by atoms with Crippen LogP contribution in [0.15, 0.2) is 0 Å². The molecule has 0 aliphatic heterocycles. The molecule has 0 spiro atoms. The monoisotopic (exact) mass is 392 g/mol. The molecule has 0 aromatic heterocycles. The van der Waals surface area contributed by atoms with Crippen molar-refractivity contribution in [3.05, 3.63) is 0 Å². The number of unbranched alkanes of at least 4 members (excludes halogenated alkanes) is 9. The fourth-order valence-corrected chi connectivity index (χ4v) is 2.92. The van der Waals surface area contributed by atoms with E-state index in [1.807, 2.05) is 13.8 Å². The summed E-state index contributed by atoms with van der Waals surface area (Å²) in [6, 6.07) is -0.970. The van der Waals surface area contributed by atoms with Crippen molar-refractivity contribution in [2.24, 2.45) is 5.92 Å². The Kier molecular flexibility index (Phi) is 20.2. The van der Waals surface area contributed by atoms with Crippen LogP contribution < -0.4 is 40.1 Å². The van der Waals surface area contributed by atoms with Gasteiger partial charge in [-0.15, -0.1) is 0 Å². The van der Waals surface area contributed by atoms with Crippen LogP contribution in [0.5, 0.6) is 0 Å². The van der Waals surface area contributed by atoms with E-state index in [0.717, 1.165) is 24.3 Å². The van der Waals surface area contributed by atoms with Crippen molar-refractivity contribution in [3.63, 3.8) is 0 Å². The number of nitrogens with zero attached hydrogens (tertiary/aromatic N) is 1. The van der Waals surface area contributed by atoms with E-state index in [9.17, 15) is 19.5 Å². The minimum atomic E-state index is -1.26. The van der Waals surface area contributed by atoms with Crippen LogP contribution in [0.2, 0.25) is 0 Å². The van der Waals surface area contributed by atoms with Gasteiger partial charge in [0.15, 0.2) is 0 Å². The number of rotatable bonds is 17. The zero-order valence-corrected chi connectivity index (χ0v) is 19.8. The molecule has 7 heteroatoms. The van der Waals surface area contributed by atoms with Crippen molar-refractivity contribution < 1.29 is 49.0 Å². The first-order valence-corrected chi connectivity index (χ1v) is 10.2. The molecule has 1 amide bonds. The molecule has 0 fully saturated rings. The van der Waals surface area contributed by atoms with E-state index < -0.39 is 17.9 Å². The van der Waals surface area contributed by atoms with Gasteiger partial charge in [-0.05, 0) is 18.8 Å². The minimum absolute atomic E-state index is 0. The topological polar surface area (TPSA) is 89.5 Å². The molecule has 0 saturated heterocycles. The molecular formula is C20H37N2NaO4. The van der Waals surface area contributed by atoms with Crippen molar-refractivity contribution in [2.45, 2.75) is 97.4 Å². The van der Waals surface area contributed by atoms with Gasteiger partial charge in [-0.25, -0.2) is 5.43 Å². The summed E-state index contributed by atoms with van der Waals surface area (Å²) < 4.78 is 0. The van der Waals surface area contributed by atoms with Crippen molar-refractivity contribution in [1.82, 2.24) is 10.4 Å². The fraction of sp³-hybridized carbons (Fsp3) is 0.850. The van der Waals surface area contributed by atoms with E-state index in [0.29, 0.717) is 13.0 Å². The van der Waals surface area contributed by atoms with E-state index >= 15 is 0 Å². The summed E-state index contributed by atoms with van der Waals surface area (Å²) in [5.41, 5.74) is 2.66. The first-order valence-electron chi connectivity index (χ1n) is 10.2. The van der Waals surface area contributed by atoms with Gasteiger partial charge in [-0.3, -0.25) is 14.6 Å². The van der Waals surface area contributed by atoms with Crippen LogP contribution in [0.4, 0.5) is 0 Å². The van der Waals surface area contributed by atoms with Crippen molar-refractivity contribution in [2.75, 3.05) is 6.54 Å². The van der Waals surface area contributed by atoms with Crippen molar-refractivity contribution in [3.8, 4) is 0 Å². The smallest absolute Gasteiger partial charge is 0.548 e. The number of hydrogen-bond acceptors (Lipinski definition) is 5. The Morgan fingerprint density at radius 3 is 1.85 bits per heavy atom. The Bertz CT molecular complexity index is 405. The molecule has 0 rings (SSSR count). The maximum atomic E-state index is 11.7. The molecule has 0 saturated carbocycles. The maximum Gasteiger partial charge on any atom is 1.00 e. The van der Waals surface area contributed by atoms with Gasteiger partial charge in [0.2, 0.25) is 6.29 Å². The van der Waals surface area contributed by atoms with Crippen molar-refractivity contribution in [1.29, 1.82) is 0 Å². The van der Waals surface area contributed by atoms with Crippen LogP contribution in [0.1, 0.15) is 91.4 Å². The van der Waals surface area contributed by atoms with E-state index in [-0.39, 0.29) is 41.8 Å². The molecule has 0 aromatic rings.